The van der Waals surface area contributed by atoms with Crippen molar-refractivity contribution in [2.75, 3.05) is 32.7 Å². The third-order valence-corrected chi connectivity index (χ3v) is 6.29. The molecule has 1 saturated heterocycles. The van der Waals surface area contributed by atoms with Gasteiger partial charge in [0.25, 0.3) is 0 Å². The van der Waals surface area contributed by atoms with Gasteiger partial charge in [0.2, 0.25) is 0 Å². The lowest BCUT2D eigenvalue weighted by atomic mass is 10.0. The second kappa shape index (κ2) is 8.25. The van der Waals surface area contributed by atoms with E-state index in [9.17, 15) is 23.1 Å². The fourth-order valence-electron chi connectivity index (χ4n) is 4.62. The van der Waals surface area contributed by atoms with Gasteiger partial charge in [0.1, 0.15) is 0 Å². The highest BCUT2D eigenvalue weighted by molar-refractivity contribution is 5.91. The van der Waals surface area contributed by atoms with Gasteiger partial charge in [-0.25, -0.2) is 9.78 Å². The van der Waals surface area contributed by atoms with E-state index in [-0.39, 0.29) is 11.6 Å². The molecule has 0 saturated carbocycles. The summed E-state index contributed by atoms with van der Waals surface area (Å²) in [5.41, 5.74) is 4.28. The minimum atomic E-state index is -4.21. The van der Waals surface area contributed by atoms with E-state index in [2.05, 4.69) is 9.88 Å². The van der Waals surface area contributed by atoms with Crippen molar-refractivity contribution in [1.29, 1.82) is 0 Å². The zero-order chi connectivity index (χ0) is 23.2. The Labute approximate surface area is 183 Å². The zero-order valence-electron chi connectivity index (χ0n) is 18.2. The number of aryl methyl sites for hydroxylation is 1. The number of halogens is 3. The normalized spacial score (nSPS) is 17.2. The molecular formula is C22H26F3N5O2. The van der Waals surface area contributed by atoms with Crippen LogP contribution in [0.3, 0.4) is 0 Å². The highest BCUT2D eigenvalue weighted by Gasteiger charge is 2.33. The van der Waals surface area contributed by atoms with Crippen LogP contribution in [0.15, 0.2) is 30.9 Å². The number of nitrogens with zero attached hydrogens (tertiary/aromatic N) is 5. The second-order valence-electron chi connectivity index (χ2n) is 8.39. The second-order valence-corrected chi connectivity index (χ2v) is 8.39. The Morgan fingerprint density at radius 1 is 1.22 bits per heavy atom. The number of imidazole rings is 1. The van der Waals surface area contributed by atoms with Crippen LogP contribution in [0.2, 0.25) is 0 Å². The summed E-state index contributed by atoms with van der Waals surface area (Å²) >= 11 is 0. The summed E-state index contributed by atoms with van der Waals surface area (Å²) in [6.07, 6.45) is 1.22. The van der Waals surface area contributed by atoms with Gasteiger partial charge in [-0.05, 0) is 31.5 Å². The molecule has 1 aliphatic rings. The molecule has 1 fully saturated rings. The first kappa shape index (κ1) is 22.3. The molecule has 0 aromatic carbocycles. The summed E-state index contributed by atoms with van der Waals surface area (Å²) in [5, 5.41) is 9.77. The molecule has 1 atom stereocenters. The van der Waals surface area contributed by atoms with Crippen LogP contribution in [0.1, 0.15) is 34.6 Å². The van der Waals surface area contributed by atoms with Crippen molar-refractivity contribution in [3.05, 3.63) is 47.7 Å². The number of rotatable bonds is 5. The van der Waals surface area contributed by atoms with Crippen molar-refractivity contribution < 1.29 is 23.1 Å². The lowest BCUT2D eigenvalue weighted by Gasteiger charge is -2.39. The van der Waals surface area contributed by atoms with Gasteiger partial charge < -0.3 is 14.1 Å². The molecule has 0 bridgehead atoms. The Hall–Kier alpha value is -2.85. The summed E-state index contributed by atoms with van der Waals surface area (Å²) in [6, 6.07) is 3.42. The van der Waals surface area contributed by atoms with Crippen LogP contribution in [0, 0.1) is 6.92 Å². The smallest absolute Gasteiger partial charge is 0.401 e. The van der Waals surface area contributed by atoms with Crippen LogP contribution in [0.4, 0.5) is 13.2 Å². The van der Waals surface area contributed by atoms with Gasteiger partial charge in [-0.1, -0.05) is 0 Å². The molecule has 172 valence electrons. The van der Waals surface area contributed by atoms with Crippen LogP contribution < -0.4 is 0 Å². The van der Waals surface area contributed by atoms with E-state index < -0.39 is 18.7 Å². The van der Waals surface area contributed by atoms with Gasteiger partial charge in [0, 0.05) is 62.2 Å². The summed E-state index contributed by atoms with van der Waals surface area (Å²) in [5.74, 6) is -1.00. The number of hydrogen-bond acceptors (Lipinski definition) is 4. The van der Waals surface area contributed by atoms with E-state index in [1.807, 2.05) is 35.2 Å². The van der Waals surface area contributed by atoms with Crippen molar-refractivity contribution in [2.24, 2.45) is 7.05 Å². The van der Waals surface area contributed by atoms with Gasteiger partial charge in [-0.2, -0.15) is 13.2 Å². The predicted octanol–water partition coefficient (Wildman–Crippen LogP) is 3.59. The molecule has 3 aromatic rings. The molecule has 1 aliphatic heterocycles. The number of pyridine rings is 1. The first-order valence-corrected chi connectivity index (χ1v) is 10.4. The van der Waals surface area contributed by atoms with Gasteiger partial charge in [-0.3, -0.25) is 9.80 Å². The van der Waals surface area contributed by atoms with Crippen LogP contribution in [-0.4, -0.2) is 73.7 Å². The number of aromatic carboxylic acids is 1. The van der Waals surface area contributed by atoms with Crippen molar-refractivity contribution in [1.82, 2.24) is 23.8 Å². The number of carbonyl (C=O) groups is 1. The highest BCUT2D eigenvalue weighted by Crippen LogP contribution is 2.32. The monoisotopic (exact) mass is 449 g/mol. The van der Waals surface area contributed by atoms with E-state index in [0.29, 0.717) is 31.7 Å². The molecular weight excluding hydrogens is 423 g/mol. The van der Waals surface area contributed by atoms with E-state index in [0.717, 1.165) is 22.5 Å². The average molecular weight is 449 g/mol. The van der Waals surface area contributed by atoms with Gasteiger partial charge in [-0.15, -0.1) is 0 Å². The van der Waals surface area contributed by atoms with Crippen molar-refractivity contribution >= 4 is 11.5 Å². The maximum atomic E-state index is 12.7. The molecule has 0 aliphatic carbocycles. The topological polar surface area (TPSA) is 66.0 Å². The van der Waals surface area contributed by atoms with Gasteiger partial charge in [0.05, 0.1) is 30.3 Å². The number of piperazine rings is 1. The van der Waals surface area contributed by atoms with Crippen LogP contribution in [0.5, 0.6) is 0 Å². The quantitative estimate of drug-likeness (QED) is 0.645. The first-order chi connectivity index (χ1) is 15.0. The van der Waals surface area contributed by atoms with E-state index in [1.165, 1.54) is 4.90 Å². The fraction of sp³-hybridized carbons (Fsp3) is 0.455. The SMILES string of the molecule is Cc1c(C(=O)O)cc2cc(-c3cncn3C)cn2c1C(C)N1CCN(CC(F)(F)F)CC1. The number of alkyl halides is 3. The number of fused-ring (bicyclic) bond motifs is 1. The minimum Gasteiger partial charge on any atom is -0.478 e. The summed E-state index contributed by atoms with van der Waals surface area (Å²) in [4.78, 5) is 19.6. The summed E-state index contributed by atoms with van der Waals surface area (Å²) < 4.78 is 42.1. The fourth-order valence-corrected chi connectivity index (χ4v) is 4.62. The maximum absolute atomic E-state index is 12.7. The Kier molecular flexibility index (Phi) is 5.76. The molecule has 10 heteroatoms. The molecule has 0 amide bonds. The minimum absolute atomic E-state index is 0.170. The van der Waals surface area contributed by atoms with E-state index in [1.54, 1.807) is 25.5 Å². The van der Waals surface area contributed by atoms with Crippen molar-refractivity contribution in [3.63, 3.8) is 0 Å². The Morgan fingerprint density at radius 2 is 1.91 bits per heavy atom. The predicted molar refractivity (Wildman–Crippen MR) is 114 cm³/mol. The standard InChI is InChI=1S/C22H26F3N5O2/c1-14-18(21(31)32)9-17-8-16(19-10-26-13-27(19)3)11-30(17)20(14)15(2)29-6-4-28(5-7-29)12-22(23,24)25/h8-11,13,15H,4-7,12H2,1-3H3,(H,31,32). The van der Waals surface area contributed by atoms with Crippen LogP contribution in [-0.2, 0) is 7.05 Å². The molecule has 3 aromatic heterocycles. The number of carboxylic acid groups (broad SMARTS) is 1. The number of carboxylic acids is 1. The lowest BCUT2D eigenvalue weighted by molar-refractivity contribution is -0.149. The van der Waals surface area contributed by atoms with Crippen LogP contribution >= 0.6 is 0 Å². The van der Waals surface area contributed by atoms with Crippen LogP contribution in [0.25, 0.3) is 16.8 Å². The molecule has 7 nitrogen and oxygen atoms in total. The first-order valence-electron chi connectivity index (χ1n) is 10.4. The molecule has 1 N–H and O–H groups in total. The third kappa shape index (κ3) is 4.24. The number of hydrogen-bond donors (Lipinski definition) is 1. The third-order valence-electron chi connectivity index (χ3n) is 6.29. The van der Waals surface area contributed by atoms with Gasteiger partial charge in [0.15, 0.2) is 0 Å². The molecule has 4 rings (SSSR count). The maximum Gasteiger partial charge on any atom is 0.401 e. The van der Waals surface area contributed by atoms with E-state index in [4.69, 9.17) is 0 Å². The summed E-state index contributed by atoms with van der Waals surface area (Å²) in [7, 11) is 1.89. The number of aromatic nitrogens is 3. The molecule has 0 radical (unpaired) electrons. The zero-order valence-corrected chi connectivity index (χ0v) is 18.2. The van der Waals surface area contributed by atoms with E-state index >= 15 is 0 Å². The van der Waals surface area contributed by atoms with Gasteiger partial charge >= 0.3 is 12.1 Å². The molecule has 1 unspecified atom stereocenters. The van der Waals surface area contributed by atoms with Crippen molar-refractivity contribution in [3.8, 4) is 11.3 Å². The molecule has 0 spiro atoms. The summed E-state index contributed by atoms with van der Waals surface area (Å²) in [6.45, 7) is 4.46. The molecule has 32 heavy (non-hydrogen) atoms. The Morgan fingerprint density at radius 3 is 2.47 bits per heavy atom. The highest BCUT2D eigenvalue weighted by atomic mass is 19.4. The lowest BCUT2D eigenvalue weighted by Crippen LogP contribution is -2.49. The Bertz CT molecular complexity index is 1140. The van der Waals surface area contributed by atoms with Crippen molar-refractivity contribution in [2.45, 2.75) is 26.1 Å². The molecule has 4 heterocycles. The largest absolute Gasteiger partial charge is 0.478 e. The Balaban J connectivity index is 1.70. The average Bonchev–Trinajstić information content (AvgIpc) is 3.31.